The molecule has 1 aliphatic rings. The van der Waals surface area contributed by atoms with Gasteiger partial charge in [-0.25, -0.2) is 4.79 Å². The van der Waals surface area contributed by atoms with Crippen LogP contribution < -0.4 is 0 Å². The molecule has 1 saturated heterocycles. The second-order valence-corrected chi connectivity index (χ2v) is 3.45. The zero-order chi connectivity index (χ0) is 11.3. The van der Waals surface area contributed by atoms with E-state index >= 15 is 0 Å². The van der Waals surface area contributed by atoms with Crippen LogP contribution in [0.15, 0.2) is 25.3 Å². The zero-order valence-corrected chi connectivity index (χ0v) is 8.90. The van der Waals surface area contributed by atoms with Crippen molar-refractivity contribution in [3.63, 3.8) is 0 Å². The number of hydrogen-bond donors (Lipinski definition) is 0. The van der Waals surface area contributed by atoms with Gasteiger partial charge < -0.3 is 14.2 Å². The lowest BCUT2D eigenvalue weighted by molar-refractivity contribution is -0.169. The number of carbonyl (C=O) groups is 1. The van der Waals surface area contributed by atoms with E-state index in [0.29, 0.717) is 19.6 Å². The molecule has 0 aliphatic carbocycles. The molecule has 0 aromatic heterocycles. The number of rotatable bonds is 5. The highest BCUT2D eigenvalue weighted by atomic mass is 16.7. The highest BCUT2D eigenvalue weighted by Crippen LogP contribution is 2.25. The van der Waals surface area contributed by atoms with Gasteiger partial charge in [0, 0.05) is 12.5 Å². The molecule has 0 aromatic rings. The monoisotopic (exact) mass is 212 g/mol. The first-order valence-electron chi connectivity index (χ1n) is 4.83. The van der Waals surface area contributed by atoms with Crippen LogP contribution in [0.3, 0.4) is 0 Å². The third-order valence-electron chi connectivity index (χ3n) is 2.17. The number of hydrogen-bond acceptors (Lipinski definition) is 4. The Morgan fingerprint density at radius 1 is 1.53 bits per heavy atom. The second-order valence-electron chi connectivity index (χ2n) is 3.45. The van der Waals surface area contributed by atoms with E-state index in [1.807, 2.05) is 6.92 Å². The minimum absolute atomic E-state index is 0.418. The maximum atomic E-state index is 11.0. The van der Waals surface area contributed by atoms with Gasteiger partial charge in [0.2, 0.25) is 0 Å². The van der Waals surface area contributed by atoms with Crippen LogP contribution in [-0.4, -0.2) is 31.1 Å². The molecule has 4 heteroatoms. The maximum absolute atomic E-state index is 11.0. The van der Waals surface area contributed by atoms with Crippen molar-refractivity contribution in [1.29, 1.82) is 0 Å². The minimum atomic E-state index is -0.680. The lowest BCUT2D eigenvalue weighted by atomic mass is 10.1. The molecule has 1 fully saturated rings. The molecule has 84 valence electrons. The topological polar surface area (TPSA) is 44.8 Å². The maximum Gasteiger partial charge on any atom is 0.330 e. The van der Waals surface area contributed by atoms with Gasteiger partial charge >= 0.3 is 5.97 Å². The Balaban J connectivity index is 2.48. The molecule has 0 aromatic carbocycles. The van der Waals surface area contributed by atoms with E-state index in [-0.39, 0.29) is 0 Å². The van der Waals surface area contributed by atoms with Crippen molar-refractivity contribution in [2.75, 3.05) is 13.2 Å². The van der Waals surface area contributed by atoms with Crippen molar-refractivity contribution in [2.45, 2.75) is 25.2 Å². The molecular formula is C11H16O4. The predicted molar refractivity (Wildman–Crippen MR) is 55.2 cm³/mol. The van der Waals surface area contributed by atoms with Gasteiger partial charge in [-0.05, 0) is 6.92 Å². The van der Waals surface area contributed by atoms with Crippen molar-refractivity contribution in [3.05, 3.63) is 25.3 Å². The minimum Gasteiger partial charge on any atom is -0.455 e. The van der Waals surface area contributed by atoms with Crippen LogP contribution in [0.25, 0.3) is 0 Å². The summed E-state index contributed by atoms with van der Waals surface area (Å²) in [6.07, 6.45) is 2.70. The SMILES string of the molecule is C=CC(=O)OC(C=C)CC1(C)OCCO1. The molecule has 0 spiro atoms. The van der Waals surface area contributed by atoms with E-state index < -0.39 is 17.9 Å². The van der Waals surface area contributed by atoms with E-state index in [9.17, 15) is 4.79 Å². The van der Waals surface area contributed by atoms with E-state index in [1.165, 1.54) is 0 Å². The summed E-state index contributed by atoms with van der Waals surface area (Å²) in [6.45, 7) is 9.87. The summed E-state index contributed by atoms with van der Waals surface area (Å²) in [6, 6.07) is 0. The van der Waals surface area contributed by atoms with Crippen LogP contribution >= 0.6 is 0 Å². The number of esters is 1. The van der Waals surface area contributed by atoms with Crippen LogP contribution in [-0.2, 0) is 19.0 Å². The van der Waals surface area contributed by atoms with Gasteiger partial charge in [0.25, 0.3) is 0 Å². The van der Waals surface area contributed by atoms with Crippen LogP contribution in [0.2, 0.25) is 0 Å². The highest BCUT2D eigenvalue weighted by molar-refractivity contribution is 5.81. The first-order chi connectivity index (χ1) is 7.09. The Labute approximate surface area is 89.5 Å². The molecule has 1 atom stereocenters. The van der Waals surface area contributed by atoms with Crippen molar-refractivity contribution in [1.82, 2.24) is 0 Å². The summed E-state index contributed by atoms with van der Waals surface area (Å²) in [7, 11) is 0. The molecule has 1 aliphatic heterocycles. The van der Waals surface area contributed by atoms with Gasteiger partial charge in [0.15, 0.2) is 5.79 Å². The summed E-state index contributed by atoms with van der Waals surface area (Å²) in [4.78, 5) is 11.0. The van der Waals surface area contributed by atoms with Gasteiger partial charge in [0.05, 0.1) is 13.2 Å². The summed E-state index contributed by atoms with van der Waals surface area (Å²) >= 11 is 0. The average Bonchev–Trinajstić information content (AvgIpc) is 2.63. The van der Waals surface area contributed by atoms with Crippen molar-refractivity contribution >= 4 is 5.97 Å². The molecule has 1 unspecified atom stereocenters. The van der Waals surface area contributed by atoms with Crippen molar-refractivity contribution < 1.29 is 19.0 Å². The number of ether oxygens (including phenoxy) is 3. The smallest absolute Gasteiger partial charge is 0.330 e. The molecule has 1 heterocycles. The van der Waals surface area contributed by atoms with Crippen molar-refractivity contribution in [2.24, 2.45) is 0 Å². The van der Waals surface area contributed by atoms with Gasteiger partial charge in [-0.3, -0.25) is 0 Å². The largest absolute Gasteiger partial charge is 0.455 e. The summed E-state index contributed by atoms with van der Waals surface area (Å²) in [5.41, 5.74) is 0. The van der Waals surface area contributed by atoms with Gasteiger partial charge in [-0.2, -0.15) is 0 Å². The molecule has 0 saturated carbocycles. The molecule has 4 nitrogen and oxygen atoms in total. The van der Waals surface area contributed by atoms with E-state index in [0.717, 1.165) is 6.08 Å². The predicted octanol–water partition coefficient (Wildman–Crippen LogP) is 1.42. The fourth-order valence-electron chi connectivity index (χ4n) is 1.41. The lowest BCUT2D eigenvalue weighted by Gasteiger charge is -2.25. The van der Waals surface area contributed by atoms with Crippen molar-refractivity contribution in [3.8, 4) is 0 Å². The molecule has 15 heavy (non-hydrogen) atoms. The first-order valence-corrected chi connectivity index (χ1v) is 4.83. The van der Waals surface area contributed by atoms with E-state index in [1.54, 1.807) is 6.08 Å². The van der Waals surface area contributed by atoms with Crippen LogP contribution in [0.5, 0.6) is 0 Å². The summed E-state index contributed by atoms with van der Waals surface area (Å²) in [5, 5.41) is 0. The summed E-state index contributed by atoms with van der Waals surface area (Å²) < 4.78 is 15.8. The Morgan fingerprint density at radius 2 is 2.13 bits per heavy atom. The highest BCUT2D eigenvalue weighted by Gasteiger charge is 2.34. The van der Waals surface area contributed by atoms with E-state index in [4.69, 9.17) is 14.2 Å². The first kappa shape index (κ1) is 11.9. The Kier molecular flexibility index (Phi) is 4.05. The molecule has 0 amide bonds. The second kappa shape index (κ2) is 5.09. The Bertz CT molecular complexity index is 253. The van der Waals surface area contributed by atoms with Gasteiger partial charge in [-0.1, -0.05) is 19.2 Å². The molecule has 0 N–H and O–H groups in total. The van der Waals surface area contributed by atoms with Crippen LogP contribution in [0, 0.1) is 0 Å². The zero-order valence-electron chi connectivity index (χ0n) is 8.90. The fraction of sp³-hybridized carbons (Fsp3) is 0.545. The Hall–Kier alpha value is -1.13. The standard InChI is InChI=1S/C11H16O4/c1-4-9(15-10(12)5-2)8-11(3)13-6-7-14-11/h4-5,9H,1-2,6-8H2,3H3. The van der Waals surface area contributed by atoms with Crippen LogP contribution in [0.1, 0.15) is 13.3 Å². The van der Waals surface area contributed by atoms with Gasteiger partial charge in [0.1, 0.15) is 6.10 Å². The molecule has 0 radical (unpaired) electrons. The number of carbonyl (C=O) groups excluding carboxylic acids is 1. The molecule has 1 rings (SSSR count). The third kappa shape index (κ3) is 3.49. The third-order valence-corrected chi connectivity index (χ3v) is 2.17. The van der Waals surface area contributed by atoms with Crippen LogP contribution in [0.4, 0.5) is 0 Å². The Morgan fingerprint density at radius 3 is 2.60 bits per heavy atom. The quantitative estimate of drug-likeness (QED) is 0.393. The molecular weight excluding hydrogens is 196 g/mol. The normalized spacial score (nSPS) is 20.6. The summed E-state index contributed by atoms with van der Waals surface area (Å²) in [5.74, 6) is -1.15. The lowest BCUT2D eigenvalue weighted by Crippen LogP contribution is -2.32. The molecule has 0 bridgehead atoms. The average molecular weight is 212 g/mol. The van der Waals surface area contributed by atoms with Gasteiger partial charge in [-0.15, -0.1) is 0 Å². The van der Waals surface area contributed by atoms with E-state index in [2.05, 4.69) is 13.2 Å². The fourth-order valence-corrected chi connectivity index (χ4v) is 1.41.